The minimum Gasteiger partial charge on any atom is -0.480 e. The van der Waals surface area contributed by atoms with Crippen LogP contribution in [0.1, 0.15) is 6.92 Å². The van der Waals surface area contributed by atoms with Gasteiger partial charge in [-0.05, 0) is 12.1 Å². The van der Waals surface area contributed by atoms with Crippen LogP contribution in [0.25, 0.3) is 0 Å². The maximum absolute atomic E-state index is 12.0. The minimum absolute atomic E-state index is 0.127. The molecule has 1 aromatic rings. The Balaban J connectivity index is 2.45. The van der Waals surface area contributed by atoms with E-state index in [9.17, 15) is 14.4 Å². The normalized spacial score (nSPS) is 11.5. The molecule has 0 saturated heterocycles. The third-order valence-corrected chi connectivity index (χ3v) is 3.72. The first kappa shape index (κ1) is 17.0. The van der Waals surface area contributed by atoms with Gasteiger partial charge in [0.2, 0.25) is 11.8 Å². The maximum atomic E-state index is 12.0. The Morgan fingerprint density at radius 1 is 1.29 bits per heavy atom. The zero-order valence-electron chi connectivity index (χ0n) is 11.9. The first-order valence-electron chi connectivity index (χ1n) is 6.31. The summed E-state index contributed by atoms with van der Waals surface area (Å²) >= 11 is 1.18. The summed E-state index contributed by atoms with van der Waals surface area (Å²) in [6.07, 6.45) is 0. The van der Waals surface area contributed by atoms with Crippen LogP contribution in [0.5, 0.6) is 0 Å². The third kappa shape index (κ3) is 5.86. The number of thioether (sulfide) groups is 1. The number of carbonyl (C=O) groups is 3. The van der Waals surface area contributed by atoms with Gasteiger partial charge in [-0.3, -0.25) is 9.59 Å². The quantitative estimate of drug-likeness (QED) is 0.784. The van der Waals surface area contributed by atoms with E-state index in [0.29, 0.717) is 0 Å². The summed E-state index contributed by atoms with van der Waals surface area (Å²) < 4.78 is 0. The van der Waals surface area contributed by atoms with E-state index in [1.165, 1.54) is 23.6 Å². The molecule has 7 heteroatoms. The van der Waals surface area contributed by atoms with Crippen molar-refractivity contribution in [3.63, 3.8) is 0 Å². The second kappa shape index (κ2) is 8.31. The van der Waals surface area contributed by atoms with Gasteiger partial charge < -0.3 is 15.3 Å². The fraction of sp³-hybridized carbons (Fsp3) is 0.357. The van der Waals surface area contributed by atoms with Crippen LogP contribution in [-0.4, -0.2) is 47.5 Å². The van der Waals surface area contributed by atoms with E-state index >= 15 is 0 Å². The van der Waals surface area contributed by atoms with E-state index in [2.05, 4.69) is 5.32 Å². The van der Waals surface area contributed by atoms with E-state index in [0.717, 1.165) is 5.69 Å². The average molecular weight is 310 g/mol. The van der Waals surface area contributed by atoms with E-state index in [1.807, 2.05) is 30.3 Å². The van der Waals surface area contributed by atoms with E-state index < -0.39 is 17.9 Å². The van der Waals surface area contributed by atoms with Crippen LogP contribution in [0, 0.1) is 0 Å². The predicted molar refractivity (Wildman–Crippen MR) is 82.4 cm³/mol. The highest BCUT2D eigenvalue weighted by atomic mass is 32.2. The molecule has 0 aliphatic heterocycles. The van der Waals surface area contributed by atoms with Crippen LogP contribution in [0.15, 0.2) is 30.3 Å². The predicted octanol–water partition coefficient (Wildman–Crippen LogP) is 0.972. The van der Waals surface area contributed by atoms with Gasteiger partial charge in [0.25, 0.3) is 0 Å². The number of anilines is 1. The van der Waals surface area contributed by atoms with Crippen molar-refractivity contribution < 1.29 is 19.5 Å². The molecule has 0 saturated carbocycles. The van der Waals surface area contributed by atoms with E-state index in [4.69, 9.17) is 5.11 Å². The van der Waals surface area contributed by atoms with Gasteiger partial charge in [-0.2, -0.15) is 0 Å². The average Bonchev–Trinajstić information content (AvgIpc) is 2.45. The lowest BCUT2D eigenvalue weighted by Crippen LogP contribution is -2.41. The molecule has 2 N–H and O–H groups in total. The number of hydrogen-bond acceptors (Lipinski definition) is 4. The number of carbonyl (C=O) groups excluding carboxylic acids is 2. The fourth-order valence-electron chi connectivity index (χ4n) is 1.58. The number of amides is 2. The number of nitrogens with one attached hydrogen (secondary N) is 1. The molecule has 1 atom stereocenters. The van der Waals surface area contributed by atoms with Gasteiger partial charge >= 0.3 is 5.97 Å². The molecule has 1 aromatic carbocycles. The molecule has 21 heavy (non-hydrogen) atoms. The zero-order chi connectivity index (χ0) is 15.8. The van der Waals surface area contributed by atoms with Gasteiger partial charge in [-0.1, -0.05) is 18.2 Å². The molecule has 0 heterocycles. The van der Waals surface area contributed by atoms with Crippen LogP contribution in [0.4, 0.5) is 5.69 Å². The molecule has 114 valence electrons. The molecular formula is C14H18N2O4S. The molecule has 0 aromatic heterocycles. The lowest BCUT2D eigenvalue weighted by molar-refractivity contribution is -0.140. The SMILES string of the molecule is CC(=O)N[C@@H](CSCC(=O)N(C)c1ccccc1)C(=O)O. The summed E-state index contributed by atoms with van der Waals surface area (Å²) in [5.74, 6) is -1.35. The maximum Gasteiger partial charge on any atom is 0.327 e. The van der Waals surface area contributed by atoms with Gasteiger partial charge in [0.15, 0.2) is 0 Å². The van der Waals surface area contributed by atoms with Crippen LogP contribution in [0.3, 0.4) is 0 Å². The Kier molecular flexibility index (Phi) is 6.74. The molecular weight excluding hydrogens is 292 g/mol. The summed E-state index contributed by atoms with van der Waals surface area (Å²) in [4.78, 5) is 35.3. The molecule has 0 bridgehead atoms. The smallest absolute Gasteiger partial charge is 0.327 e. The first-order valence-corrected chi connectivity index (χ1v) is 7.46. The van der Waals surface area contributed by atoms with Crippen molar-refractivity contribution in [2.45, 2.75) is 13.0 Å². The standard InChI is InChI=1S/C14H18N2O4S/c1-10(17)15-12(14(19)20)8-21-9-13(18)16(2)11-6-4-3-5-7-11/h3-7,12H,8-9H2,1-2H3,(H,15,17)(H,19,20)/t12-/m0/s1. The van der Waals surface area contributed by atoms with Crippen molar-refractivity contribution in [1.29, 1.82) is 0 Å². The Bertz CT molecular complexity index is 507. The number of aliphatic carboxylic acids is 1. The van der Waals surface area contributed by atoms with Crippen LogP contribution in [-0.2, 0) is 14.4 Å². The number of rotatable bonds is 7. The number of nitrogens with zero attached hydrogens (tertiary/aromatic N) is 1. The van der Waals surface area contributed by atoms with Gasteiger partial charge in [-0.15, -0.1) is 11.8 Å². The number of carboxylic acid groups (broad SMARTS) is 1. The second-order valence-corrected chi connectivity index (χ2v) is 5.43. The monoisotopic (exact) mass is 310 g/mol. The molecule has 2 amide bonds. The summed E-state index contributed by atoms with van der Waals surface area (Å²) in [5.41, 5.74) is 0.778. The number of hydrogen-bond donors (Lipinski definition) is 2. The van der Waals surface area contributed by atoms with Crippen LogP contribution in [0.2, 0.25) is 0 Å². The van der Waals surface area contributed by atoms with E-state index in [1.54, 1.807) is 7.05 Å². The van der Waals surface area contributed by atoms with E-state index in [-0.39, 0.29) is 17.4 Å². The van der Waals surface area contributed by atoms with Crippen molar-refractivity contribution in [2.24, 2.45) is 0 Å². The van der Waals surface area contributed by atoms with Crippen molar-refractivity contribution in [3.05, 3.63) is 30.3 Å². The summed E-state index contributed by atoms with van der Waals surface area (Å²) in [7, 11) is 1.67. The lowest BCUT2D eigenvalue weighted by atomic mass is 10.3. The summed E-state index contributed by atoms with van der Waals surface area (Å²) in [6, 6.07) is 8.19. The van der Waals surface area contributed by atoms with Gasteiger partial charge in [0.1, 0.15) is 6.04 Å². The van der Waals surface area contributed by atoms with Crippen molar-refractivity contribution in [2.75, 3.05) is 23.5 Å². The summed E-state index contributed by atoms with van der Waals surface area (Å²) in [5, 5.41) is 11.3. The third-order valence-electron chi connectivity index (χ3n) is 2.70. The number of para-hydroxylation sites is 1. The zero-order valence-corrected chi connectivity index (χ0v) is 12.7. The molecule has 0 spiro atoms. The van der Waals surface area contributed by atoms with Crippen molar-refractivity contribution in [1.82, 2.24) is 5.32 Å². The highest BCUT2D eigenvalue weighted by molar-refractivity contribution is 8.00. The Morgan fingerprint density at radius 3 is 2.43 bits per heavy atom. The summed E-state index contributed by atoms with van der Waals surface area (Å²) in [6.45, 7) is 1.26. The molecule has 0 aliphatic carbocycles. The van der Waals surface area contributed by atoms with Gasteiger partial charge in [0.05, 0.1) is 5.75 Å². The number of benzene rings is 1. The van der Waals surface area contributed by atoms with Crippen molar-refractivity contribution >= 4 is 35.2 Å². The Hall–Kier alpha value is -2.02. The molecule has 0 fully saturated rings. The van der Waals surface area contributed by atoms with Gasteiger partial charge in [-0.25, -0.2) is 4.79 Å². The fourth-order valence-corrected chi connectivity index (χ4v) is 2.52. The Morgan fingerprint density at radius 2 is 1.90 bits per heavy atom. The van der Waals surface area contributed by atoms with Gasteiger partial charge in [0, 0.05) is 25.4 Å². The first-order chi connectivity index (χ1) is 9.91. The van der Waals surface area contributed by atoms with Crippen molar-refractivity contribution in [3.8, 4) is 0 Å². The Labute approximate surface area is 127 Å². The highest BCUT2D eigenvalue weighted by Crippen LogP contribution is 2.13. The number of carboxylic acids is 1. The van der Waals surface area contributed by atoms with Crippen LogP contribution < -0.4 is 10.2 Å². The highest BCUT2D eigenvalue weighted by Gasteiger charge is 2.19. The molecule has 1 rings (SSSR count). The molecule has 0 unspecified atom stereocenters. The molecule has 6 nitrogen and oxygen atoms in total. The topological polar surface area (TPSA) is 86.7 Å². The largest absolute Gasteiger partial charge is 0.480 e. The second-order valence-electron chi connectivity index (χ2n) is 4.39. The minimum atomic E-state index is -1.11. The van der Waals surface area contributed by atoms with Crippen LogP contribution >= 0.6 is 11.8 Å². The lowest BCUT2D eigenvalue weighted by Gasteiger charge is -2.18. The molecule has 0 aliphatic rings. The molecule has 0 radical (unpaired) electrons.